The molecule has 1 unspecified atom stereocenters. The highest BCUT2D eigenvalue weighted by atomic mass is 35.5. The molecule has 122 valence electrons. The van der Waals surface area contributed by atoms with Crippen molar-refractivity contribution in [3.05, 3.63) is 76.9 Å². The third-order valence-corrected chi connectivity index (χ3v) is 3.87. The Kier molecular flexibility index (Phi) is 4.93. The number of hydrogen-bond acceptors (Lipinski definition) is 4. The number of amides is 1. The Morgan fingerprint density at radius 2 is 1.88 bits per heavy atom. The van der Waals surface area contributed by atoms with Crippen molar-refractivity contribution < 1.29 is 14.4 Å². The van der Waals surface area contributed by atoms with Crippen LogP contribution in [0.2, 0.25) is 5.02 Å². The molecule has 0 fully saturated rings. The fraction of sp³-hybridized carbons (Fsp3) is 0.111. The summed E-state index contributed by atoms with van der Waals surface area (Å²) in [4.78, 5) is 12.1. The van der Waals surface area contributed by atoms with Gasteiger partial charge in [-0.25, -0.2) is 0 Å². The molecule has 5 nitrogen and oxygen atoms in total. The zero-order valence-electron chi connectivity index (χ0n) is 12.6. The van der Waals surface area contributed by atoms with Crippen LogP contribution in [-0.4, -0.2) is 22.7 Å². The van der Waals surface area contributed by atoms with Crippen LogP contribution in [0.5, 0.6) is 0 Å². The van der Waals surface area contributed by atoms with E-state index >= 15 is 0 Å². The molecule has 0 spiro atoms. The third-order valence-electron chi connectivity index (χ3n) is 3.52. The first kappa shape index (κ1) is 16.2. The van der Waals surface area contributed by atoms with E-state index < -0.39 is 12.0 Å². The van der Waals surface area contributed by atoms with E-state index in [2.05, 4.69) is 10.5 Å². The Labute approximate surface area is 143 Å². The second kappa shape index (κ2) is 7.29. The standard InChI is InChI=1S/C18H15ClN2O3/c19-14-9-5-4-8-13(14)16(22)11-20-18(23)15-10-17(24-21-15)12-6-2-1-3-7-12/h1-10,16,22H,11H2,(H,20,23). The predicted molar refractivity (Wildman–Crippen MR) is 90.7 cm³/mol. The first-order valence-electron chi connectivity index (χ1n) is 7.38. The van der Waals surface area contributed by atoms with Gasteiger partial charge in [0.2, 0.25) is 0 Å². The van der Waals surface area contributed by atoms with Crippen LogP contribution in [0.25, 0.3) is 11.3 Å². The Balaban J connectivity index is 1.64. The van der Waals surface area contributed by atoms with Crippen LogP contribution in [0.15, 0.2) is 65.2 Å². The number of nitrogens with zero attached hydrogens (tertiary/aromatic N) is 1. The monoisotopic (exact) mass is 342 g/mol. The molecule has 1 atom stereocenters. The molecular formula is C18H15ClN2O3. The fourth-order valence-corrected chi connectivity index (χ4v) is 2.52. The van der Waals surface area contributed by atoms with Gasteiger partial charge >= 0.3 is 0 Å². The molecule has 3 rings (SSSR count). The van der Waals surface area contributed by atoms with Gasteiger partial charge in [-0.15, -0.1) is 0 Å². The Morgan fingerprint density at radius 1 is 1.17 bits per heavy atom. The zero-order chi connectivity index (χ0) is 16.9. The molecule has 3 aromatic rings. The number of halogens is 1. The van der Waals surface area contributed by atoms with Crippen LogP contribution >= 0.6 is 11.6 Å². The minimum Gasteiger partial charge on any atom is -0.387 e. The number of hydrogen-bond donors (Lipinski definition) is 2. The normalized spacial score (nSPS) is 11.9. The molecule has 0 aliphatic heterocycles. The van der Waals surface area contributed by atoms with E-state index in [0.29, 0.717) is 16.3 Å². The Morgan fingerprint density at radius 3 is 2.62 bits per heavy atom. The maximum Gasteiger partial charge on any atom is 0.273 e. The van der Waals surface area contributed by atoms with Crippen LogP contribution in [0, 0.1) is 0 Å². The first-order valence-corrected chi connectivity index (χ1v) is 7.76. The van der Waals surface area contributed by atoms with Gasteiger partial charge in [0.05, 0.1) is 6.10 Å². The molecule has 6 heteroatoms. The minimum absolute atomic E-state index is 0.0239. The summed E-state index contributed by atoms with van der Waals surface area (Å²) in [5, 5.41) is 17.0. The maximum absolute atomic E-state index is 12.1. The lowest BCUT2D eigenvalue weighted by atomic mass is 10.1. The van der Waals surface area contributed by atoms with E-state index in [0.717, 1.165) is 5.56 Å². The van der Waals surface area contributed by atoms with E-state index in [-0.39, 0.29) is 12.2 Å². The third kappa shape index (κ3) is 3.64. The van der Waals surface area contributed by atoms with Crippen LogP contribution in [0.1, 0.15) is 22.2 Å². The largest absolute Gasteiger partial charge is 0.387 e. The molecule has 2 N–H and O–H groups in total. The van der Waals surface area contributed by atoms with Crippen LogP contribution < -0.4 is 5.32 Å². The maximum atomic E-state index is 12.1. The highest BCUT2D eigenvalue weighted by Crippen LogP contribution is 2.22. The summed E-state index contributed by atoms with van der Waals surface area (Å²) in [6, 6.07) is 17.9. The summed E-state index contributed by atoms with van der Waals surface area (Å²) >= 11 is 6.02. The lowest BCUT2D eigenvalue weighted by Crippen LogP contribution is -2.28. The summed E-state index contributed by atoms with van der Waals surface area (Å²) in [6.45, 7) is 0.0239. The van der Waals surface area contributed by atoms with Crippen molar-refractivity contribution in [1.82, 2.24) is 10.5 Å². The van der Waals surface area contributed by atoms with Crippen molar-refractivity contribution in [2.75, 3.05) is 6.54 Å². The Hall–Kier alpha value is -2.63. The summed E-state index contributed by atoms with van der Waals surface area (Å²) in [6.07, 6.45) is -0.900. The number of nitrogens with one attached hydrogen (secondary N) is 1. The van der Waals surface area contributed by atoms with Gasteiger partial charge in [-0.2, -0.15) is 0 Å². The quantitative estimate of drug-likeness (QED) is 0.744. The van der Waals surface area contributed by atoms with Crippen molar-refractivity contribution in [3.63, 3.8) is 0 Å². The van der Waals surface area contributed by atoms with Gasteiger partial charge in [-0.1, -0.05) is 65.3 Å². The van der Waals surface area contributed by atoms with Gasteiger partial charge in [0.15, 0.2) is 11.5 Å². The summed E-state index contributed by atoms with van der Waals surface area (Å²) in [7, 11) is 0. The van der Waals surface area contributed by atoms with Gasteiger partial charge in [0.1, 0.15) is 0 Å². The van der Waals surface area contributed by atoms with Gasteiger partial charge in [-0.05, 0) is 6.07 Å². The van der Waals surface area contributed by atoms with E-state index in [1.807, 2.05) is 30.3 Å². The number of carbonyl (C=O) groups is 1. The van der Waals surface area contributed by atoms with Crippen molar-refractivity contribution >= 4 is 17.5 Å². The number of aliphatic hydroxyl groups excluding tert-OH is 1. The van der Waals surface area contributed by atoms with E-state index in [4.69, 9.17) is 16.1 Å². The van der Waals surface area contributed by atoms with E-state index in [9.17, 15) is 9.90 Å². The SMILES string of the molecule is O=C(NCC(O)c1ccccc1Cl)c1cc(-c2ccccc2)on1. The van der Waals surface area contributed by atoms with Gasteiger partial charge in [0.25, 0.3) is 5.91 Å². The number of rotatable bonds is 5. The summed E-state index contributed by atoms with van der Waals surface area (Å²) in [5.74, 6) is 0.0828. The smallest absolute Gasteiger partial charge is 0.273 e. The van der Waals surface area contributed by atoms with Crippen molar-refractivity contribution in [2.45, 2.75) is 6.10 Å². The Bertz CT molecular complexity index is 833. The van der Waals surface area contributed by atoms with Crippen LogP contribution in [0.3, 0.4) is 0 Å². The highest BCUT2D eigenvalue weighted by molar-refractivity contribution is 6.31. The predicted octanol–water partition coefficient (Wildman–Crippen LogP) is 3.46. The van der Waals surface area contributed by atoms with Gasteiger partial charge < -0.3 is 14.9 Å². The van der Waals surface area contributed by atoms with Crippen molar-refractivity contribution in [1.29, 1.82) is 0 Å². The average Bonchev–Trinajstić information content (AvgIpc) is 3.11. The first-order chi connectivity index (χ1) is 11.6. The lowest BCUT2D eigenvalue weighted by Gasteiger charge is -2.12. The molecule has 0 aliphatic rings. The molecule has 24 heavy (non-hydrogen) atoms. The minimum atomic E-state index is -0.900. The van der Waals surface area contributed by atoms with Crippen LogP contribution in [0.4, 0.5) is 0 Å². The van der Waals surface area contributed by atoms with E-state index in [1.165, 1.54) is 0 Å². The molecule has 2 aromatic carbocycles. The fourth-order valence-electron chi connectivity index (χ4n) is 2.26. The average molecular weight is 343 g/mol. The molecule has 1 amide bonds. The summed E-state index contributed by atoms with van der Waals surface area (Å²) < 4.78 is 5.19. The second-order valence-corrected chi connectivity index (χ2v) is 5.60. The molecular weight excluding hydrogens is 328 g/mol. The topological polar surface area (TPSA) is 75.4 Å². The van der Waals surface area contributed by atoms with Gasteiger partial charge in [0, 0.05) is 28.8 Å². The molecule has 0 bridgehead atoms. The van der Waals surface area contributed by atoms with Gasteiger partial charge in [-0.3, -0.25) is 4.79 Å². The van der Waals surface area contributed by atoms with Crippen molar-refractivity contribution in [2.24, 2.45) is 0 Å². The molecule has 1 aromatic heterocycles. The molecule has 0 aliphatic carbocycles. The van der Waals surface area contributed by atoms with Crippen LogP contribution in [-0.2, 0) is 0 Å². The molecule has 1 heterocycles. The van der Waals surface area contributed by atoms with E-state index in [1.54, 1.807) is 30.3 Å². The summed E-state index contributed by atoms with van der Waals surface area (Å²) in [5.41, 5.74) is 1.55. The second-order valence-electron chi connectivity index (χ2n) is 5.19. The number of aliphatic hydroxyl groups is 1. The number of aromatic nitrogens is 1. The number of carbonyl (C=O) groups excluding carboxylic acids is 1. The molecule has 0 saturated heterocycles. The molecule has 0 saturated carbocycles. The van der Waals surface area contributed by atoms with Crippen molar-refractivity contribution in [3.8, 4) is 11.3 Å². The lowest BCUT2D eigenvalue weighted by molar-refractivity contribution is 0.0907. The zero-order valence-corrected chi connectivity index (χ0v) is 13.4. The molecule has 0 radical (unpaired) electrons. The highest BCUT2D eigenvalue weighted by Gasteiger charge is 2.16. The number of benzene rings is 2.